The zero-order valence-corrected chi connectivity index (χ0v) is 41.2. The molecule has 0 aliphatic carbocycles. The van der Waals surface area contributed by atoms with Gasteiger partial charge in [0.05, 0.1) is 52.9 Å². The number of ether oxygens (including phenoxy) is 3. The van der Waals surface area contributed by atoms with E-state index in [1.54, 1.807) is 0 Å². The van der Waals surface area contributed by atoms with Crippen LogP contribution in [0, 0.1) is 0 Å². The van der Waals surface area contributed by atoms with E-state index in [2.05, 4.69) is 39.8 Å². The molecule has 2 aliphatic rings. The zero-order valence-electron chi connectivity index (χ0n) is 41.2. The quantitative estimate of drug-likeness (QED) is 0.0228. The minimum atomic E-state index is -1.45. The molecule has 9 N–H and O–H groups in total. The molecule has 2 rings (SSSR count). The average molecular weight is 899 g/mol. The summed E-state index contributed by atoms with van der Waals surface area (Å²) in [6.07, 6.45) is 15.6. The highest BCUT2D eigenvalue weighted by molar-refractivity contribution is 5.06. The summed E-state index contributed by atoms with van der Waals surface area (Å²) in [7, 11) is 0. The number of aliphatic hydroxyl groups is 9. The molecule has 0 bridgehead atoms. The fourth-order valence-corrected chi connectivity index (χ4v) is 8.84. The van der Waals surface area contributed by atoms with E-state index in [-0.39, 0.29) is 18.3 Å². The first-order valence-electron chi connectivity index (χ1n) is 24.3. The molecule has 63 heavy (non-hydrogen) atoms. The summed E-state index contributed by atoms with van der Waals surface area (Å²) in [5, 5.41) is 94.3. The van der Waals surface area contributed by atoms with Gasteiger partial charge in [-0.1, -0.05) is 34.9 Å². The second-order valence-electron chi connectivity index (χ2n) is 21.8. The van der Waals surface area contributed by atoms with Crippen LogP contribution in [0.5, 0.6) is 0 Å². The smallest absolute Gasteiger partial charge is 0.187 e. The van der Waals surface area contributed by atoms with Gasteiger partial charge >= 0.3 is 0 Å². The van der Waals surface area contributed by atoms with Crippen LogP contribution in [0.4, 0.5) is 0 Å². The Labute approximate surface area is 381 Å². The summed E-state index contributed by atoms with van der Waals surface area (Å²) in [4.78, 5) is 0. The van der Waals surface area contributed by atoms with E-state index in [1.807, 2.05) is 47.6 Å². The van der Waals surface area contributed by atoms with E-state index in [9.17, 15) is 46.0 Å². The fraction of sp³-hybridized carbons (Fsp3) is 0.882. The van der Waals surface area contributed by atoms with Crippen molar-refractivity contribution >= 4 is 0 Å². The van der Waals surface area contributed by atoms with Crippen molar-refractivity contribution in [3.63, 3.8) is 0 Å². The van der Waals surface area contributed by atoms with E-state index in [1.165, 1.54) is 11.1 Å². The molecule has 370 valence electrons. The number of hydrogen-bond acceptors (Lipinski definition) is 12. The first-order chi connectivity index (χ1) is 29.1. The first-order valence-corrected chi connectivity index (χ1v) is 24.3. The van der Waals surface area contributed by atoms with Gasteiger partial charge in [-0.2, -0.15) is 0 Å². The van der Waals surface area contributed by atoms with Gasteiger partial charge in [0.15, 0.2) is 6.29 Å². The summed E-state index contributed by atoms with van der Waals surface area (Å²) in [6, 6.07) is 0. The van der Waals surface area contributed by atoms with E-state index in [4.69, 9.17) is 14.2 Å². The second kappa shape index (κ2) is 26.3. The molecule has 0 spiro atoms. The lowest BCUT2D eigenvalue weighted by molar-refractivity contribution is -0.298. The lowest BCUT2D eigenvalue weighted by Gasteiger charge is -2.39. The topological polar surface area (TPSA) is 213 Å². The molecule has 0 aromatic rings. The number of aliphatic hydroxyl groups excluding tert-OH is 4. The van der Waals surface area contributed by atoms with Crippen LogP contribution < -0.4 is 0 Å². The first kappa shape index (κ1) is 57.9. The van der Waals surface area contributed by atoms with Crippen LogP contribution in [0.2, 0.25) is 0 Å². The van der Waals surface area contributed by atoms with Crippen LogP contribution in [-0.2, 0) is 14.2 Å². The SMILES string of the molecule is C/C(=C\CC/C(C)=C/CO[C@H]1O[C@H](CO)[C@@H](O)[C@H](O)[C@@H]1O)CC/C=C(\C)CCC[C@](C)(O)CCC[C@@](C)(O)CCC[C@@](C)(O)CCC[C@@](C)(O)CCC[C@@](C)(O)CC[C@H]1OC1(C)C. The highest BCUT2D eigenvalue weighted by atomic mass is 16.7. The van der Waals surface area contributed by atoms with Gasteiger partial charge in [0, 0.05) is 0 Å². The molecule has 12 heteroatoms. The number of allylic oxidation sites excluding steroid dienone is 5. The molecule has 11 atom stereocenters. The molecule has 0 radical (unpaired) electrons. The molecule has 0 unspecified atom stereocenters. The largest absolute Gasteiger partial charge is 0.394 e. The summed E-state index contributed by atoms with van der Waals surface area (Å²) in [5.74, 6) is 0. The molecule has 0 aromatic carbocycles. The van der Waals surface area contributed by atoms with Crippen molar-refractivity contribution in [1.29, 1.82) is 0 Å². The predicted octanol–water partition coefficient (Wildman–Crippen LogP) is 7.77. The number of hydrogen-bond donors (Lipinski definition) is 9. The van der Waals surface area contributed by atoms with Crippen molar-refractivity contribution in [2.45, 2.75) is 274 Å². The van der Waals surface area contributed by atoms with E-state index >= 15 is 0 Å². The molecule has 0 saturated carbocycles. The molecule has 12 nitrogen and oxygen atoms in total. The molecule has 2 aliphatic heterocycles. The third kappa shape index (κ3) is 24.4. The van der Waals surface area contributed by atoms with Gasteiger partial charge in [0.1, 0.15) is 24.4 Å². The van der Waals surface area contributed by atoms with Gasteiger partial charge in [-0.25, -0.2) is 0 Å². The van der Waals surface area contributed by atoms with Crippen LogP contribution in [0.3, 0.4) is 0 Å². The number of rotatable bonds is 33. The monoisotopic (exact) mass is 899 g/mol. The molecule has 2 heterocycles. The average Bonchev–Trinajstić information content (AvgIpc) is 3.78. The Hall–Kier alpha value is -1.26. The minimum Gasteiger partial charge on any atom is -0.394 e. The van der Waals surface area contributed by atoms with Crippen LogP contribution in [0.15, 0.2) is 34.9 Å². The van der Waals surface area contributed by atoms with Crippen molar-refractivity contribution in [3.05, 3.63) is 34.9 Å². The van der Waals surface area contributed by atoms with Gasteiger partial charge in [-0.3, -0.25) is 0 Å². The van der Waals surface area contributed by atoms with Gasteiger partial charge in [-0.15, -0.1) is 0 Å². The number of epoxide rings is 1. The summed E-state index contributed by atoms with van der Waals surface area (Å²) in [5.41, 5.74) is -0.452. The van der Waals surface area contributed by atoms with Crippen molar-refractivity contribution in [1.82, 2.24) is 0 Å². The van der Waals surface area contributed by atoms with Gasteiger partial charge in [0.25, 0.3) is 0 Å². The Morgan fingerprint density at radius 2 is 0.905 bits per heavy atom. The van der Waals surface area contributed by atoms with Crippen molar-refractivity contribution in [2.24, 2.45) is 0 Å². The third-order valence-electron chi connectivity index (χ3n) is 13.7. The lowest BCUT2D eigenvalue weighted by atomic mass is 9.84. The molecule has 0 aromatic heterocycles. The highest BCUT2D eigenvalue weighted by Crippen LogP contribution is 2.40. The molecular formula is C51H94O12. The molecule has 2 saturated heterocycles. The molecule has 2 fully saturated rings. The van der Waals surface area contributed by atoms with E-state index in [0.29, 0.717) is 77.0 Å². The maximum absolute atomic E-state index is 11.1. The normalized spacial score (nSPS) is 28.1. The van der Waals surface area contributed by atoms with Crippen LogP contribution >= 0.6 is 0 Å². The Morgan fingerprint density at radius 1 is 0.540 bits per heavy atom. The highest BCUT2D eigenvalue weighted by Gasteiger charge is 2.48. The van der Waals surface area contributed by atoms with E-state index in [0.717, 1.165) is 63.4 Å². The van der Waals surface area contributed by atoms with Crippen LogP contribution in [0.1, 0.15) is 204 Å². The molecular weight excluding hydrogens is 805 g/mol. The Kier molecular flexibility index (Phi) is 24.2. The van der Waals surface area contributed by atoms with Crippen molar-refractivity contribution in [3.8, 4) is 0 Å². The summed E-state index contributed by atoms with van der Waals surface area (Å²) < 4.78 is 16.6. The Morgan fingerprint density at radius 3 is 1.30 bits per heavy atom. The third-order valence-corrected chi connectivity index (χ3v) is 13.7. The van der Waals surface area contributed by atoms with Gasteiger partial charge < -0.3 is 60.2 Å². The van der Waals surface area contributed by atoms with Crippen LogP contribution in [-0.4, -0.2) is 130 Å². The van der Waals surface area contributed by atoms with Crippen molar-refractivity contribution < 1.29 is 60.2 Å². The lowest BCUT2D eigenvalue weighted by Crippen LogP contribution is -2.59. The minimum absolute atomic E-state index is 0.0686. The van der Waals surface area contributed by atoms with Gasteiger partial charge in [0.2, 0.25) is 0 Å². The van der Waals surface area contributed by atoms with E-state index < -0.39 is 65.3 Å². The summed E-state index contributed by atoms with van der Waals surface area (Å²) in [6.45, 7) is 19.4. The van der Waals surface area contributed by atoms with Crippen LogP contribution in [0.25, 0.3) is 0 Å². The predicted molar refractivity (Wildman–Crippen MR) is 250 cm³/mol. The maximum Gasteiger partial charge on any atom is 0.187 e. The van der Waals surface area contributed by atoms with Gasteiger partial charge in [-0.05, 0) is 204 Å². The zero-order chi connectivity index (χ0) is 47.7. The van der Waals surface area contributed by atoms with Crippen molar-refractivity contribution in [2.75, 3.05) is 13.2 Å². The Bertz CT molecular complexity index is 1390. The Balaban J connectivity index is 1.56. The maximum atomic E-state index is 11.1. The summed E-state index contributed by atoms with van der Waals surface area (Å²) >= 11 is 0. The fourth-order valence-electron chi connectivity index (χ4n) is 8.84. The molecule has 0 amide bonds. The standard InChI is InChI=1S/C51H94O12/c1-37(19-12-21-39(3)24-35-61-45-44(55)43(54)42(53)40(36-52)62-45)18-11-20-38(2)22-13-25-47(6,56)26-14-27-48(7,57)28-15-29-49(8,58)30-16-31-50(9,59)32-17-33-51(10,60)34-23-41-46(4,5)63-41/h19-20,24,40-45,52-60H,11-18,21-23,25-36H2,1-10H3/b37-19+,38-20+,39-24+/t40-,41-,42-,43+,44+,45+,47+,48-,49-,50-,51-/m1/s1. The second-order valence-corrected chi connectivity index (χ2v) is 21.8.